The summed E-state index contributed by atoms with van der Waals surface area (Å²) in [5, 5.41) is 0. The molecule has 0 aliphatic carbocycles. The first kappa shape index (κ1) is 14.8. The van der Waals surface area contributed by atoms with E-state index in [1.54, 1.807) is 42.5 Å². The molecule has 2 rings (SSSR count). The Bertz CT molecular complexity index is 623. The lowest BCUT2D eigenvalue weighted by Crippen LogP contribution is -2.02. The van der Waals surface area contributed by atoms with Gasteiger partial charge in [0.15, 0.2) is 11.6 Å². The second-order valence-electron chi connectivity index (χ2n) is 4.24. The van der Waals surface area contributed by atoms with Crippen LogP contribution in [0, 0.1) is 5.82 Å². The van der Waals surface area contributed by atoms with Gasteiger partial charge in [-0.3, -0.25) is 0 Å². The van der Waals surface area contributed by atoms with Crippen molar-refractivity contribution in [3.05, 3.63) is 59.4 Å². The molecular weight excluding hydrogens is 275 g/mol. The van der Waals surface area contributed by atoms with Gasteiger partial charge in [0.05, 0.1) is 19.8 Å². The van der Waals surface area contributed by atoms with Crippen LogP contribution in [0.5, 0.6) is 11.5 Å². The number of esters is 1. The molecule has 2 aromatic carbocycles. The van der Waals surface area contributed by atoms with Crippen LogP contribution >= 0.6 is 0 Å². The lowest BCUT2D eigenvalue weighted by atomic mass is 10.2. The van der Waals surface area contributed by atoms with Gasteiger partial charge < -0.3 is 14.2 Å². The fraction of sp³-hybridized carbons (Fsp3) is 0.188. The van der Waals surface area contributed by atoms with Crippen LogP contribution in [0.4, 0.5) is 4.39 Å². The van der Waals surface area contributed by atoms with Crippen molar-refractivity contribution in [2.75, 3.05) is 14.2 Å². The SMILES string of the molecule is COC(=O)c1ccc(OCc2cccc(OC)c2F)cc1. The van der Waals surface area contributed by atoms with Crippen LogP contribution in [0.2, 0.25) is 0 Å². The van der Waals surface area contributed by atoms with Gasteiger partial charge in [0.25, 0.3) is 0 Å². The summed E-state index contributed by atoms with van der Waals surface area (Å²) >= 11 is 0. The second-order valence-corrected chi connectivity index (χ2v) is 4.24. The lowest BCUT2D eigenvalue weighted by Gasteiger charge is -2.09. The van der Waals surface area contributed by atoms with Crippen LogP contribution in [0.1, 0.15) is 15.9 Å². The highest BCUT2D eigenvalue weighted by Gasteiger charge is 2.09. The van der Waals surface area contributed by atoms with Gasteiger partial charge in [0.1, 0.15) is 12.4 Å². The first-order chi connectivity index (χ1) is 10.2. The summed E-state index contributed by atoms with van der Waals surface area (Å²) in [6, 6.07) is 11.3. The molecule has 110 valence electrons. The van der Waals surface area contributed by atoms with Gasteiger partial charge in [-0.25, -0.2) is 9.18 Å². The van der Waals surface area contributed by atoms with E-state index in [-0.39, 0.29) is 12.4 Å². The molecule has 2 aromatic rings. The molecule has 4 nitrogen and oxygen atoms in total. The number of carbonyl (C=O) groups is 1. The molecule has 5 heteroatoms. The van der Waals surface area contributed by atoms with Crippen LogP contribution in [0.15, 0.2) is 42.5 Å². The van der Waals surface area contributed by atoms with E-state index in [0.29, 0.717) is 16.9 Å². The van der Waals surface area contributed by atoms with Gasteiger partial charge in [-0.05, 0) is 30.3 Å². The molecule has 21 heavy (non-hydrogen) atoms. The molecule has 0 atom stereocenters. The Labute approximate surface area is 122 Å². The summed E-state index contributed by atoms with van der Waals surface area (Å²) < 4.78 is 28.9. The fourth-order valence-electron chi connectivity index (χ4n) is 1.79. The molecule has 0 heterocycles. The molecule has 0 bridgehead atoms. The minimum atomic E-state index is -0.439. The fourth-order valence-corrected chi connectivity index (χ4v) is 1.79. The molecule has 0 fully saturated rings. The lowest BCUT2D eigenvalue weighted by molar-refractivity contribution is 0.0600. The average molecular weight is 290 g/mol. The third-order valence-electron chi connectivity index (χ3n) is 2.93. The Hall–Kier alpha value is -2.56. The Morgan fingerprint density at radius 2 is 1.81 bits per heavy atom. The zero-order chi connectivity index (χ0) is 15.2. The Kier molecular flexibility index (Phi) is 4.77. The third kappa shape index (κ3) is 3.51. The summed E-state index contributed by atoms with van der Waals surface area (Å²) in [7, 11) is 2.73. The van der Waals surface area contributed by atoms with Gasteiger partial charge in [-0.15, -0.1) is 0 Å². The number of rotatable bonds is 5. The van der Waals surface area contributed by atoms with E-state index >= 15 is 0 Å². The van der Waals surface area contributed by atoms with E-state index in [1.807, 2.05) is 0 Å². The maximum atomic E-state index is 13.9. The maximum Gasteiger partial charge on any atom is 0.337 e. The number of benzene rings is 2. The summed E-state index contributed by atoms with van der Waals surface area (Å²) in [5.41, 5.74) is 0.823. The molecule has 0 saturated heterocycles. The Balaban J connectivity index is 2.05. The predicted octanol–water partition coefficient (Wildman–Crippen LogP) is 3.20. The third-order valence-corrected chi connectivity index (χ3v) is 2.93. The first-order valence-electron chi connectivity index (χ1n) is 6.28. The number of hydrogen-bond donors (Lipinski definition) is 0. The van der Waals surface area contributed by atoms with Crippen molar-refractivity contribution >= 4 is 5.97 Å². The smallest absolute Gasteiger partial charge is 0.337 e. The molecule has 0 amide bonds. The maximum absolute atomic E-state index is 13.9. The monoisotopic (exact) mass is 290 g/mol. The zero-order valence-corrected chi connectivity index (χ0v) is 11.8. The van der Waals surface area contributed by atoms with Crippen LogP contribution in [-0.2, 0) is 11.3 Å². The predicted molar refractivity (Wildman–Crippen MR) is 75.1 cm³/mol. The highest BCUT2D eigenvalue weighted by molar-refractivity contribution is 5.89. The van der Waals surface area contributed by atoms with Crippen LogP contribution in [0.3, 0.4) is 0 Å². The van der Waals surface area contributed by atoms with Crippen molar-refractivity contribution in [2.24, 2.45) is 0 Å². The summed E-state index contributed by atoms with van der Waals surface area (Å²) in [6.45, 7) is 0.0700. The van der Waals surface area contributed by atoms with Crippen molar-refractivity contribution in [3.8, 4) is 11.5 Å². The minimum Gasteiger partial charge on any atom is -0.494 e. The van der Waals surface area contributed by atoms with Crippen LogP contribution in [0.25, 0.3) is 0 Å². The van der Waals surface area contributed by atoms with E-state index in [1.165, 1.54) is 14.2 Å². The molecule has 0 aromatic heterocycles. The van der Waals surface area contributed by atoms with Crippen molar-refractivity contribution in [3.63, 3.8) is 0 Å². The van der Waals surface area contributed by atoms with E-state index < -0.39 is 11.8 Å². The van der Waals surface area contributed by atoms with Gasteiger partial charge >= 0.3 is 5.97 Å². The minimum absolute atomic E-state index is 0.0700. The van der Waals surface area contributed by atoms with Gasteiger partial charge in [0, 0.05) is 5.56 Å². The number of methoxy groups -OCH3 is 2. The largest absolute Gasteiger partial charge is 0.494 e. The van der Waals surface area contributed by atoms with Crippen molar-refractivity contribution in [1.82, 2.24) is 0 Å². The molecule has 0 aliphatic rings. The topological polar surface area (TPSA) is 44.8 Å². The number of halogens is 1. The van der Waals surface area contributed by atoms with Crippen molar-refractivity contribution < 1.29 is 23.4 Å². The molecule has 0 saturated carbocycles. The highest BCUT2D eigenvalue weighted by atomic mass is 19.1. The molecule has 0 spiro atoms. The van der Waals surface area contributed by atoms with Gasteiger partial charge in [-0.1, -0.05) is 12.1 Å². The van der Waals surface area contributed by atoms with Gasteiger partial charge in [-0.2, -0.15) is 0 Å². The summed E-state index contributed by atoms with van der Waals surface area (Å²) in [4.78, 5) is 11.3. The van der Waals surface area contributed by atoms with Gasteiger partial charge in [0.2, 0.25) is 0 Å². The normalized spacial score (nSPS) is 10.0. The molecule has 0 N–H and O–H groups in total. The summed E-state index contributed by atoms with van der Waals surface area (Å²) in [6.07, 6.45) is 0. The molecular formula is C16H15FO4. The zero-order valence-electron chi connectivity index (χ0n) is 11.8. The molecule has 0 aliphatic heterocycles. The van der Waals surface area contributed by atoms with Crippen molar-refractivity contribution in [2.45, 2.75) is 6.61 Å². The Morgan fingerprint density at radius 1 is 1.10 bits per heavy atom. The second kappa shape index (κ2) is 6.74. The Morgan fingerprint density at radius 3 is 2.43 bits per heavy atom. The van der Waals surface area contributed by atoms with E-state index in [2.05, 4.69) is 4.74 Å². The standard InChI is InChI=1S/C16H15FO4/c1-19-14-5-3-4-12(15(14)17)10-21-13-8-6-11(7-9-13)16(18)20-2/h3-9H,10H2,1-2H3. The number of hydrogen-bond acceptors (Lipinski definition) is 4. The molecule has 0 unspecified atom stereocenters. The van der Waals surface area contributed by atoms with E-state index in [4.69, 9.17) is 9.47 Å². The quantitative estimate of drug-likeness (QED) is 0.793. The molecule has 0 radical (unpaired) electrons. The summed E-state index contributed by atoms with van der Waals surface area (Å²) in [5.74, 6) is -0.145. The first-order valence-corrected chi connectivity index (χ1v) is 6.28. The van der Waals surface area contributed by atoms with Crippen LogP contribution < -0.4 is 9.47 Å². The number of carbonyl (C=O) groups excluding carboxylic acids is 1. The average Bonchev–Trinajstić information content (AvgIpc) is 2.53. The van der Waals surface area contributed by atoms with E-state index in [9.17, 15) is 9.18 Å². The highest BCUT2D eigenvalue weighted by Crippen LogP contribution is 2.22. The van der Waals surface area contributed by atoms with E-state index in [0.717, 1.165) is 0 Å². The van der Waals surface area contributed by atoms with Crippen molar-refractivity contribution in [1.29, 1.82) is 0 Å². The number of ether oxygens (including phenoxy) is 3. The van der Waals surface area contributed by atoms with Crippen LogP contribution in [-0.4, -0.2) is 20.2 Å².